The summed E-state index contributed by atoms with van der Waals surface area (Å²) in [5.74, 6) is -2.24. The Balaban J connectivity index is 1.43. The fourth-order valence-electron chi connectivity index (χ4n) is 9.73. The first kappa shape index (κ1) is 46.5. The summed E-state index contributed by atoms with van der Waals surface area (Å²) in [5.41, 5.74) is 3.35. The second-order valence-corrected chi connectivity index (χ2v) is 17.0. The Morgan fingerprint density at radius 1 is 1.02 bits per heavy atom. The summed E-state index contributed by atoms with van der Waals surface area (Å²) in [5, 5.41) is 24.8. The van der Waals surface area contributed by atoms with Crippen LogP contribution in [0.4, 0.5) is 13.6 Å². The molecule has 2 aliphatic carbocycles. The highest BCUT2D eigenvalue weighted by Crippen LogP contribution is 2.62. The summed E-state index contributed by atoms with van der Waals surface area (Å²) in [4.78, 5) is 22.3. The highest BCUT2D eigenvalue weighted by Gasteiger charge is 2.65. The van der Waals surface area contributed by atoms with Gasteiger partial charge in [-0.05, 0) is 97.9 Å². The Labute approximate surface area is 373 Å². The molecule has 3 aromatic carbocycles. The molecule has 7 rings (SSSR count). The van der Waals surface area contributed by atoms with E-state index in [1.807, 2.05) is 12.1 Å². The summed E-state index contributed by atoms with van der Waals surface area (Å²) in [6.07, 6.45) is 9.55. The van der Waals surface area contributed by atoms with Gasteiger partial charge in [-0.15, -0.1) is 18.2 Å². The molecule has 1 saturated carbocycles. The van der Waals surface area contributed by atoms with Crippen molar-refractivity contribution in [1.82, 2.24) is 4.90 Å². The van der Waals surface area contributed by atoms with Crippen LogP contribution >= 0.6 is 11.6 Å². The third kappa shape index (κ3) is 10.9. The van der Waals surface area contributed by atoms with Crippen LogP contribution in [-0.4, -0.2) is 84.0 Å². The average molecular weight is 893 g/mol. The van der Waals surface area contributed by atoms with Crippen LogP contribution < -0.4 is 9.47 Å². The number of unbranched alkanes of at least 4 members (excludes halogenated alkanes) is 2. The maximum Gasteiger partial charge on any atom is 0.410 e. The SMILES string of the molecule is C=CCOC12Oc3ccc(OCc4ccccc4F)cc3C3C(CCCCO)C(CCCCO)C=C(C(=NOC4CCCCO4)CC1N(Cc1ccc(F)cc1)C(=O)OCCCl)C32. The number of rotatable bonds is 21. The van der Waals surface area contributed by atoms with E-state index in [9.17, 15) is 23.8 Å². The molecule has 7 atom stereocenters. The number of hydrogen-bond acceptors (Lipinski definition) is 10. The number of carbonyl (C=O) groups is 1. The minimum absolute atomic E-state index is 0.00385. The summed E-state index contributed by atoms with van der Waals surface area (Å²) >= 11 is 6.07. The van der Waals surface area contributed by atoms with Crippen LogP contribution in [0.3, 0.4) is 0 Å². The van der Waals surface area contributed by atoms with Crippen LogP contribution in [0.25, 0.3) is 0 Å². The van der Waals surface area contributed by atoms with Gasteiger partial charge in [-0.1, -0.05) is 60.5 Å². The minimum Gasteiger partial charge on any atom is -0.489 e. The van der Waals surface area contributed by atoms with E-state index in [-0.39, 0.29) is 75.5 Å². The van der Waals surface area contributed by atoms with Gasteiger partial charge in [-0.25, -0.2) is 13.6 Å². The summed E-state index contributed by atoms with van der Waals surface area (Å²) in [6, 6.07) is 17.1. The molecule has 14 heteroatoms. The second-order valence-electron chi connectivity index (χ2n) is 16.6. The van der Waals surface area contributed by atoms with E-state index < -0.39 is 35.9 Å². The van der Waals surface area contributed by atoms with E-state index in [2.05, 4.69) is 12.7 Å². The number of ether oxygens (including phenoxy) is 5. The van der Waals surface area contributed by atoms with E-state index in [1.54, 1.807) is 47.4 Å². The van der Waals surface area contributed by atoms with Crippen molar-refractivity contribution in [2.75, 3.05) is 38.9 Å². The van der Waals surface area contributed by atoms with Crippen molar-refractivity contribution in [3.63, 3.8) is 0 Å². The van der Waals surface area contributed by atoms with Crippen molar-refractivity contribution in [2.45, 2.75) is 101 Å². The number of halogens is 3. The molecule has 4 aliphatic rings. The normalized spacial score (nSPS) is 25.5. The van der Waals surface area contributed by atoms with Gasteiger partial charge in [0.25, 0.3) is 0 Å². The zero-order chi connectivity index (χ0) is 44.2. The number of alkyl halides is 1. The molecule has 2 aliphatic heterocycles. The molecule has 7 unspecified atom stereocenters. The van der Waals surface area contributed by atoms with E-state index in [0.29, 0.717) is 54.2 Å². The second kappa shape index (κ2) is 22.4. The molecule has 0 radical (unpaired) electrons. The Kier molecular flexibility index (Phi) is 16.5. The maximum atomic E-state index is 14.8. The molecule has 3 aromatic rings. The zero-order valence-electron chi connectivity index (χ0n) is 35.7. The van der Waals surface area contributed by atoms with Gasteiger partial charge in [-0.2, -0.15) is 0 Å². The van der Waals surface area contributed by atoms with Crippen molar-refractivity contribution in [2.24, 2.45) is 22.9 Å². The van der Waals surface area contributed by atoms with Crippen LogP contribution in [0.1, 0.15) is 86.8 Å². The van der Waals surface area contributed by atoms with Gasteiger partial charge in [0.2, 0.25) is 12.1 Å². The van der Waals surface area contributed by atoms with Gasteiger partial charge in [0.15, 0.2) is 0 Å². The van der Waals surface area contributed by atoms with Gasteiger partial charge < -0.3 is 38.7 Å². The quantitative estimate of drug-likeness (QED) is 0.0465. The number of aliphatic hydroxyl groups is 2. The third-order valence-electron chi connectivity index (χ3n) is 12.6. The highest BCUT2D eigenvalue weighted by atomic mass is 35.5. The third-order valence-corrected chi connectivity index (χ3v) is 12.7. The molecule has 2 heterocycles. The molecule has 1 saturated heterocycles. The molecule has 1 amide bonds. The number of allylic oxidation sites excluding steroid dienone is 1. The predicted octanol–water partition coefficient (Wildman–Crippen LogP) is 9.58. The van der Waals surface area contributed by atoms with Gasteiger partial charge in [0.05, 0.1) is 30.7 Å². The van der Waals surface area contributed by atoms with Crippen molar-refractivity contribution >= 4 is 23.4 Å². The van der Waals surface area contributed by atoms with Crippen molar-refractivity contribution in [3.8, 4) is 11.5 Å². The number of oxime groups is 1. The molecule has 0 bridgehead atoms. The van der Waals surface area contributed by atoms with Gasteiger partial charge in [0.1, 0.15) is 42.4 Å². The molecular formula is C49H59ClF2N2O9. The van der Waals surface area contributed by atoms with Gasteiger partial charge in [0, 0.05) is 49.6 Å². The average Bonchev–Trinajstić information content (AvgIpc) is 3.30. The molecule has 11 nitrogen and oxygen atoms in total. The smallest absolute Gasteiger partial charge is 0.410 e. The van der Waals surface area contributed by atoms with Crippen LogP contribution in [0, 0.1) is 29.4 Å². The Bertz CT molecular complexity index is 2050. The van der Waals surface area contributed by atoms with E-state index in [4.69, 9.17) is 45.3 Å². The summed E-state index contributed by atoms with van der Waals surface area (Å²) in [7, 11) is 0. The van der Waals surface area contributed by atoms with Crippen LogP contribution in [0.2, 0.25) is 0 Å². The number of aliphatic hydroxyl groups excluding tert-OH is 2. The van der Waals surface area contributed by atoms with Crippen molar-refractivity contribution in [3.05, 3.63) is 119 Å². The molecule has 0 spiro atoms. The van der Waals surface area contributed by atoms with Crippen LogP contribution in [0.15, 0.2) is 96.2 Å². The van der Waals surface area contributed by atoms with Crippen LogP contribution in [-0.2, 0) is 32.2 Å². The van der Waals surface area contributed by atoms with Gasteiger partial charge in [-0.3, -0.25) is 4.90 Å². The Hall–Kier alpha value is -4.53. The fraction of sp³-hybridized carbons (Fsp3) is 0.510. The lowest BCUT2D eigenvalue weighted by Crippen LogP contribution is -2.70. The lowest BCUT2D eigenvalue weighted by molar-refractivity contribution is -0.256. The van der Waals surface area contributed by atoms with Crippen molar-refractivity contribution < 1.29 is 52.3 Å². The lowest BCUT2D eigenvalue weighted by atomic mass is 9.55. The first-order valence-corrected chi connectivity index (χ1v) is 22.8. The zero-order valence-corrected chi connectivity index (χ0v) is 36.4. The predicted molar refractivity (Wildman–Crippen MR) is 234 cm³/mol. The Morgan fingerprint density at radius 2 is 1.81 bits per heavy atom. The minimum atomic E-state index is -1.57. The number of carbonyl (C=O) groups excluding carboxylic acids is 1. The van der Waals surface area contributed by atoms with E-state index in [0.717, 1.165) is 49.7 Å². The molecule has 2 fully saturated rings. The topological polar surface area (TPSA) is 129 Å². The number of fused-ring (bicyclic) bond motifs is 2. The molecular weight excluding hydrogens is 834 g/mol. The first-order valence-electron chi connectivity index (χ1n) is 22.3. The number of nitrogens with zero attached hydrogens (tertiary/aromatic N) is 2. The highest BCUT2D eigenvalue weighted by molar-refractivity contribution is 6.18. The monoisotopic (exact) mass is 892 g/mol. The lowest BCUT2D eigenvalue weighted by Gasteiger charge is -2.60. The number of benzene rings is 3. The largest absolute Gasteiger partial charge is 0.489 e. The molecule has 63 heavy (non-hydrogen) atoms. The number of hydrogen-bond donors (Lipinski definition) is 2. The van der Waals surface area contributed by atoms with E-state index >= 15 is 0 Å². The summed E-state index contributed by atoms with van der Waals surface area (Å²) < 4.78 is 61.4. The van der Waals surface area contributed by atoms with Gasteiger partial charge >= 0.3 is 6.09 Å². The summed E-state index contributed by atoms with van der Waals surface area (Å²) in [6.45, 7) is 4.66. The van der Waals surface area contributed by atoms with E-state index in [1.165, 1.54) is 18.2 Å². The van der Waals surface area contributed by atoms with Crippen LogP contribution in [0.5, 0.6) is 11.5 Å². The number of amides is 1. The van der Waals surface area contributed by atoms with Crippen molar-refractivity contribution in [1.29, 1.82) is 0 Å². The first-order chi connectivity index (χ1) is 30.8. The maximum absolute atomic E-state index is 14.8. The standard InChI is InChI=1S/C49H59ClF2N2O9/c1-2-25-61-49-44(54(48(57)59-27-22-50)31-33-16-18-36(51)19-17-33)30-42(53-63-45-15-7-10-26-58-45)39-28-34(11-5-8-23-55)38(13-6-9-24-56)46(47(39)49)40-29-37(20-21-43(40)62-49)60-32-35-12-3-4-14-41(35)52/h2-4,12,14,16-21,28-29,34,38,44-47,55-56H,1,5-11,13,15,22-27,30-32H2. The molecule has 0 aromatic heterocycles. The fourth-order valence-corrected chi connectivity index (χ4v) is 9.81. The molecule has 2 N–H and O–H groups in total. The Morgan fingerprint density at radius 3 is 2.54 bits per heavy atom. The molecule has 340 valence electrons.